The summed E-state index contributed by atoms with van der Waals surface area (Å²) >= 11 is 3.21. The Morgan fingerprint density at radius 2 is 2.16 bits per heavy atom. The molecule has 0 bridgehead atoms. The number of benzene rings is 1. The van der Waals surface area contributed by atoms with Crippen molar-refractivity contribution in [2.75, 3.05) is 19.6 Å². The van der Waals surface area contributed by atoms with Crippen molar-refractivity contribution in [3.8, 4) is 0 Å². The first-order chi connectivity index (χ1) is 9.09. The van der Waals surface area contributed by atoms with Crippen molar-refractivity contribution in [2.24, 2.45) is 0 Å². The molecule has 0 radical (unpaired) electrons. The van der Waals surface area contributed by atoms with E-state index in [9.17, 15) is 9.18 Å². The van der Waals surface area contributed by atoms with Crippen molar-refractivity contribution in [3.63, 3.8) is 0 Å². The molecule has 0 aliphatic carbocycles. The molecule has 1 N–H and O–H groups in total. The van der Waals surface area contributed by atoms with E-state index in [1.54, 1.807) is 12.1 Å². The minimum Gasteiger partial charge on any atom is -0.350 e. The Kier molecular flexibility index (Phi) is 4.93. The lowest BCUT2D eigenvalue weighted by Gasteiger charge is -2.23. The molecule has 1 aromatic carbocycles. The smallest absolute Gasteiger partial charge is 0.255 e. The fraction of sp³-hybridized carbons (Fsp3) is 0.500. The molecule has 0 spiro atoms. The molecule has 1 atom stereocenters. The molecule has 1 heterocycles. The minimum atomic E-state index is -0.499. The lowest BCUT2D eigenvalue weighted by Crippen LogP contribution is -2.40. The summed E-state index contributed by atoms with van der Waals surface area (Å²) in [5.41, 5.74) is 0.0797. The standard InChI is InChI=1S/C14H18BrFN2O/c1-10(18-7-2-3-8-18)9-17-14(19)13-11(15)5-4-6-12(13)16/h4-6,10H,2-3,7-9H2,1H3,(H,17,19). The van der Waals surface area contributed by atoms with Crippen molar-refractivity contribution in [3.05, 3.63) is 34.1 Å². The molecule has 0 saturated carbocycles. The van der Waals surface area contributed by atoms with Gasteiger partial charge in [-0.2, -0.15) is 0 Å². The number of halogens is 2. The van der Waals surface area contributed by atoms with Crippen LogP contribution in [-0.4, -0.2) is 36.5 Å². The summed E-state index contributed by atoms with van der Waals surface area (Å²) in [6.45, 7) is 4.79. The molecule has 1 amide bonds. The van der Waals surface area contributed by atoms with E-state index in [0.717, 1.165) is 13.1 Å². The van der Waals surface area contributed by atoms with Gasteiger partial charge in [0.1, 0.15) is 5.82 Å². The van der Waals surface area contributed by atoms with Gasteiger partial charge in [-0.25, -0.2) is 4.39 Å². The first-order valence-corrected chi connectivity index (χ1v) is 7.35. The van der Waals surface area contributed by atoms with E-state index >= 15 is 0 Å². The third kappa shape index (κ3) is 3.54. The van der Waals surface area contributed by atoms with Gasteiger partial charge in [0.2, 0.25) is 0 Å². The quantitative estimate of drug-likeness (QED) is 0.921. The molecule has 1 aliphatic rings. The van der Waals surface area contributed by atoms with E-state index in [-0.39, 0.29) is 17.5 Å². The van der Waals surface area contributed by atoms with Gasteiger partial charge in [0.05, 0.1) is 5.56 Å². The second kappa shape index (κ2) is 6.48. The number of carbonyl (C=O) groups excluding carboxylic acids is 1. The van der Waals surface area contributed by atoms with E-state index in [0.29, 0.717) is 11.0 Å². The lowest BCUT2D eigenvalue weighted by molar-refractivity contribution is 0.0935. The molecule has 104 valence electrons. The van der Waals surface area contributed by atoms with E-state index < -0.39 is 5.82 Å². The van der Waals surface area contributed by atoms with Crippen molar-refractivity contribution >= 4 is 21.8 Å². The highest BCUT2D eigenvalue weighted by atomic mass is 79.9. The Morgan fingerprint density at radius 1 is 1.47 bits per heavy atom. The van der Waals surface area contributed by atoms with Crippen molar-refractivity contribution in [2.45, 2.75) is 25.8 Å². The van der Waals surface area contributed by atoms with Crippen LogP contribution in [0.2, 0.25) is 0 Å². The number of amides is 1. The zero-order chi connectivity index (χ0) is 13.8. The van der Waals surface area contributed by atoms with Crippen LogP contribution in [0.4, 0.5) is 4.39 Å². The average molecular weight is 329 g/mol. The Morgan fingerprint density at radius 3 is 2.79 bits per heavy atom. The molecule has 1 fully saturated rings. The summed E-state index contributed by atoms with van der Waals surface area (Å²) in [5.74, 6) is -0.864. The van der Waals surface area contributed by atoms with Crippen LogP contribution in [-0.2, 0) is 0 Å². The predicted octanol–water partition coefficient (Wildman–Crippen LogP) is 2.80. The Balaban J connectivity index is 1.94. The molecule has 0 aromatic heterocycles. The van der Waals surface area contributed by atoms with E-state index in [1.807, 2.05) is 0 Å². The van der Waals surface area contributed by atoms with E-state index in [4.69, 9.17) is 0 Å². The second-order valence-electron chi connectivity index (χ2n) is 4.90. The molecule has 19 heavy (non-hydrogen) atoms. The Hall–Kier alpha value is -0.940. The minimum absolute atomic E-state index is 0.0797. The summed E-state index contributed by atoms with van der Waals surface area (Å²) in [6.07, 6.45) is 2.44. The highest BCUT2D eigenvalue weighted by Crippen LogP contribution is 2.19. The predicted molar refractivity (Wildman–Crippen MR) is 76.7 cm³/mol. The lowest BCUT2D eigenvalue weighted by atomic mass is 10.2. The summed E-state index contributed by atoms with van der Waals surface area (Å²) in [6, 6.07) is 4.83. The van der Waals surface area contributed by atoms with Crippen LogP contribution in [0.25, 0.3) is 0 Å². The van der Waals surface area contributed by atoms with Gasteiger partial charge in [0.15, 0.2) is 0 Å². The summed E-state index contributed by atoms with van der Waals surface area (Å²) in [7, 11) is 0. The number of rotatable bonds is 4. The molecule has 1 aromatic rings. The SMILES string of the molecule is CC(CNC(=O)c1c(F)cccc1Br)N1CCCC1. The van der Waals surface area contributed by atoms with E-state index in [2.05, 4.69) is 33.1 Å². The maximum absolute atomic E-state index is 13.6. The molecular formula is C14H18BrFN2O. The van der Waals surface area contributed by atoms with Crippen LogP contribution in [0.3, 0.4) is 0 Å². The fourth-order valence-corrected chi connectivity index (χ4v) is 2.88. The normalized spacial score (nSPS) is 17.4. The maximum atomic E-state index is 13.6. The van der Waals surface area contributed by atoms with Crippen LogP contribution < -0.4 is 5.32 Å². The molecule has 1 unspecified atom stereocenters. The third-order valence-corrected chi connectivity index (χ3v) is 4.17. The number of nitrogens with one attached hydrogen (secondary N) is 1. The first kappa shape index (κ1) is 14.5. The number of nitrogens with zero attached hydrogens (tertiary/aromatic N) is 1. The zero-order valence-corrected chi connectivity index (χ0v) is 12.5. The third-order valence-electron chi connectivity index (χ3n) is 3.51. The van der Waals surface area contributed by atoms with Gasteiger partial charge in [-0.3, -0.25) is 9.69 Å². The van der Waals surface area contributed by atoms with E-state index in [1.165, 1.54) is 18.9 Å². The zero-order valence-electron chi connectivity index (χ0n) is 11.0. The number of hydrogen-bond donors (Lipinski definition) is 1. The van der Waals surface area contributed by atoms with Crippen LogP contribution in [0.15, 0.2) is 22.7 Å². The molecular weight excluding hydrogens is 311 g/mol. The van der Waals surface area contributed by atoms with Gasteiger partial charge in [-0.1, -0.05) is 6.07 Å². The van der Waals surface area contributed by atoms with Crippen LogP contribution >= 0.6 is 15.9 Å². The first-order valence-electron chi connectivity index (χ1n) is 6.56. The fourth-order valence-electron chi connectivity index (χ4n) is 2.35. The summed E-state index contributed by atoms with van der Waals surface area (Å²) in [5, 5.41) is 2.81. The monoisotopic (exact) mass is 328 g/mol. The van der Waals surface area contributed by atoms with Gasteiger partial charge in [-0.05, 0) is 60.9 Å². The largest absolute Gasteiger partial charge is 0.350 e. The average Bonchev–Trinajstić information content (AvgIpc) is 2.89. The molecule has 1 saturated heterocycles. The highest BCUT2D eigenvalue weighted by molar-refractivity contribution is 9.10. The highest BCUT2D eigenvalue weighted by Gasteiger charge is 2.20. The van der Waals surface area contributed by atoms with Gasteiger partial charge >= 0.3 is 0 Å². The summed E-state index contributed by atoms with van der Waals surface area (Å²) in [4.78, 5) is 14.3. The van der Waals surface area contributed by atoms with Gasteiger partial charge in [-0.15, -0.1) is 0 Å². The van der Waals surface area contributed by atoms with Gasteiger partial charge in [0, 0.05) is 17.1 Å². The molecule has 2 rings (SSSR count). The van der Waals surface area contributed by atoms with Crippen LogP contribution in [0.5, 0.6) is 0 Å². The van der Waals surface area contributed by atoms with Crippen LogP contribution in [0, 0.1) is 5.82 Å². The Bertz CT molecular complexity index is 441. The topological polar surface area (TPSA) is 32.3 Å². The van der Waals surface area contributed by atoms with Gasteiger partial charge < -0.3 is 5.32 Å². The number of carbonyl (C=O) groups is 1. The molecule has 3 nitrogen and oxygen atoms in total. The van der Waals surface area contributed by atoms with Gasteiger partial charge in [0.25, 0.3) is 5.91 Å². The van der Waals surface area contributed by atoms with Crippen LogP contribution in [0.1, 0.15) is 30.1 Å². The molecule has 5 heteroatoms. The van der Waals surface area contributed by atoms with Crippen molar-refractivity contribution < 1.29 is 9.18 Å². The second-order valence-corrected chi connectivity index (χ2v) is 5.75. The number of likely N-dealkylation sites (tertiary alicyclic amines) is 1. The number of hydrogen-bond acceptors (Lipinski definition) is 2. The molecule has 1 aliphatic heterocycles. The van der Waals surface area contributed by atoms with Crippen molar-refractivity contribution in [1.29, 1.82) is 0 Å². The van der Waals surface area contributed by atoms with Crippen molar-refractivity contribution in [1.82, 2.24) is 10.2 Å². The maximum Gasteiger partial charge on any atom is 0.255 e. The Labute approximate surface area is 121 Å². The summed E-state index contributed by atoms with van der Waals surface area (Å²) < 4.78 is 14.1.